The highest BCUT2D eigenvalue weighted by Crippen LogP contribution is 2.48. The van der Waals surface area contributed by atoms with Crippen LogP contribution in [0.5, 0.6) is 46.0 Å². The molecule has 0 atom stereocenters. The first-order chi connectivity index (χ1) is 46.1. The molecule has 0 radical (unpaired) electrons. The van der Waals surface area contributed by atoms with Gasteiger partial charge < -0.3 is 37.9 Å². The molecule has 0 N–H and O–H groups in total. The van der Waals surface area contributed by atoms with E-state index in [0.29, 0.717) is 77.8 Å². The first-order valence-electron chi connectivity index (χ1n) is 35.7. The lowest BCUT2D eigenvalue weighted by Gasteiger charge is -2.30. The Morgan fingerprint density at radius 3 is 0.388 bits per heavy atom. The lowest BCUT2D eigenvalue weighted by atomic mass is 9.79. The standard InChI is InChI=1S/C88H102I2O8/c1-83(2,3)67-35-51-27-55-39-69(85(7,8)9)41-57-29-53-37-68(84(4,5)6)38-54-30-58-42-70(86(10,11)12)40-56-28-52(36-67)75(51)91-19-21-95-79-59-31-63-47-73(89)49-65(81(63)97-25-23-93-77(55)57)33-61-45-72(88(16,17)18)46-62(80(61)96-22-20-92-76(53)54)34-66-50-74(90)48-64(82(66)98-26-24-94-78(56)58)32-60(79)44-71(43-59)87(13,14)15/h35-50H,19-34H2,1-18H3. The predicted molar refractivity (Wildman–Crippen MR) is 416 cm³/mol. The van der Waals surface area contributed by atoms with Crippen LogP contribution in [0.15, 0.2) is 97.1 Å². The van der Waals surface area contributed by atoms with Gasteiger partial charge in [-0.15, -0.1) is 0 Å². The summed E-state index contributed by atoms with van der Waals surface area (Å²) in [6.07, 6.45) is 4.31. The Labute approximate surface area is 612 Å². The van der Waals surface area contributed by atoms with Crippen LogP contribution in [0.2, 0.25) is 0 Å². The molecule has 0 fully saturated rings. The van der Waals surface area contributed by atoms with E-state index < -0.39 is 0 Å². The van der Waals surface area contributed by atoms with Gasteiger partial charge in [0.25, 0.3) is 0 Å². The Hall–Kier alpha value is -6.38. The van der Waals surface area contributed by atoms with E-state index in [2.05, 4.69) is 267 Å². The van der Waals surface area contributed by atoms with E-state index in [1.54, 1.807) is 0 Å². The molecule has 10 heteroatoms. The molecule has 0 amide bonds. The summed E-state index contributed by atoms with van der Waals surface area (Å²) in [4.78, 5) is 0. The molecule has 516 valence electrons. The van der Waals surface area contributed by atoms with E-state index in [4.69, 9.17) is 37.9 Å². The number of fused-ring (bicyclic) bond motifs is 12. The fraction of sp³-hybridized carbons (Fsp3) is 0.455. The molecular weight excluding hydrogens is 1440 g/mol. The van der Waals surface area contributed by atoms with Crippen molar-refractivity contribution in [3.8, 4) is 46.0 Å². The lowest BCUT2D eigenvalue weighted by Crippen LogP contribution is -2.21. The molecule has 4 aliphatic heterocycles. The third kappa shape index (κ3) is 14.9. The summed E-state index contributed by atoms with van der Waals surface area (Å²) >= 11 is 5.06. The topological polar surface area (TPSA) is 73.8 Å². The van der Waals surface area contributed by atoms with Gasteiger partial charge in [-0.05, 0) is 224 Å². The maximum absolute atomic E-state index is 7.62. The fourth-order valence-electron chi connectivity index (χ4n) is 14.9. The minimum atomic E-state index is -0.224. The molecule has 98 heavy (non-hydrogen) atoms. The lowest BCUT2D eigenvalue weighted by molar-refractivity contribution is 0.207. The molecule has 8 aromatic rings. The van der Waals surface area contributed by atoms with E-state index in [-0.39, 0.29) is 58.9 Å². The SMILES string of the molecule is CC(C)(C)c1cc2c3c(c1)Cc1cc(C(C)(C)C)cc4c1OCCOc1c5cc(C(C)(C)C)cc1Cc1cc(I)cc6c1OCCOc1c(cc(C(C)(C)C)cc1C4)Cc1cc(C(C)(C)C)cc(c1OCCOc1c(cc(C(C)(C)C)cc1C6)Cc1cc(I)cc(c1OCCO3)C5)C2. The Bertz CT molecular complexity index is 3950. The Morgan fingerprint density at radius 2 is 0.286 bits per heavy atom. The molecule has 0 unspecified atom stereocenters. The Balaban J connectivity index is 1.20. The molecule has 0 saturated heterocycles. The predicted octanol–water partition coefficient (Wildman–Crippen LogP) is 20.8. The van der Waals surface area contributed by atoms with Crippen LogP contribution in [0, 0.1) is 7.14 Å². The number of hydrogen-bond acceptors (Lipinski definition) is 8. The zero-order valence-corrected chi connectivity index (χ0v) is 65.9. The molecule has 14 rings (SSSR count). The van der Waals surface area contributed by atoms with Crippen molar-refractivity contribution in [3.63, 3.8) is 0 Å². The van der Waals surface area contributed by atoms with Crippen LogP contribution in [-0.2, 0) is 83.9 Å². The summed E-state index contributed by atoms with van der Waals surface area (Å²) in [5.41, 5.74) is 23.5. The van der Waals surface area contributed by atoms with E-state index in [0.717, 1.165) is 142 Å². The average Bonchev–Trinajstić information content (AvgIpc) is 0.831. The molecular formula is C88H102I2O8. The molecule has 6 aliphatic rings. The van der Waals surface area contributed by atoms with Crippen molar-refractivity contribution in [1.29, 1.82) is 0 Å². The van der Waals surface area contributed by atoms with Crippen LogP contribution in [0.4, 0.5) is 0 Å². The molecule has 2 aliphatic carbocycles. The van der Waals surface area contributed by atoms with Crippen LogP contribution < -0.4 is 37.9 Å². The second-order valence-corrected chi connectivity index (χ2v) is 37.0. The Kier molecular flexibility index (Phi) is 19.0. The first-order valence-corrected chi connectivity index (χ1v) is 37.9. The quantitative estimate of drug-likeness (QED) is 0.139. The smallest absolute Gasteiger partial charge is 0.126 e. The summed E-state index contributed by atoms with van der Waals surface area (Å²) < 4.78 is 62.9. The van der Waals surface area contributed by atoms with Crippen LogP contribution in [0.25, 0.3) is 0 Å². The fourth-order valence-corrected chi connectivity index (χ4v) is 16.4. The van der Waals surface area contributed by atoms with Gasteiger partial charge in [0.2, 0.25) is 0 Å². The van der Waals surface area contributed by atoms with Gasteiger partial charge in [-0.2, -0.15) is 0 Å². The van der Waals surface area contributed by atoms with Gasteiger partial charge in [0.15, 0.2) is 0 Å². The molecule has 0 saturated carbocycles. The van der Waals surface area contributed by atoms with Crippen LogP contribution >= 0.6 is 45.2 Å². The molecule has 0 spiro atoms. The van der Waals surface area contributed by atoms with Crippen molar-refractivity contribution in [1.82, 2.24) is 0 Å². The number of hydrogen-bond donors (Lipinski definition) is 0. The van der Waals surface area contributed by atoms with Gasteiger partial charge in [0.1, 0.15) is 98.9 Å². The van der Waals surface area contributed by atoms with E-state index >= 15 is 0 Å². The summed E-state index contributed by atoms with van der Waals surface area (Å²) in [5, 5.41) is 0. The maximum Gasteiger partial charge on any atom is 0.126 e. The minimum absolute atomic E-state index is 0.209. The molecule has 8 nitrogen and oxygen atoms in total. The average molecular weight is 1540 g/mol. The second kappa shape index (κ2) is 26.5. The highest BCUT2D eigenvalue weighted by Gasteiger charge is 2.33. The van der Waals surface area contributed by atoms with E-state index in [1.807, 2.05) is 0 Å². The third-order valence-electron chi connectivity index (χ3n) is 20.4. The number of benzene rings is 8. The van der Waals surface area contributed by atoms with Crippen LogP contribution in [0.3, 0.4) is 0 Å². The highest BCUT2D eigenvalue weighted by molar-refractivity contribution is 14.1. The summed E-state index contributed by atoms with van der Waals surface area (Å²) in [6.45, 7) is 44.2. The zero-order valence-electron chi connectivity index (χ0n) is 61.6. The van der Waals surface area contributed by atoms with Gasteiger partial charge >= 0.3 is 0 Å². The molecule has 0 aromatic heterocycles. The maximum atomic E-state index is 7.62. The molecule has 8 aromatic carbocycles. The highest BCUT2D eigenvalue weighted by atomic mass is 127. The van der Waals surface area contributed by atoms with E-state index in [1.165, 1.54) is 33.4 Å². The van der Waals surface area contributed by atoms with Crippen molar-refractivity contribution in [2.24, 2.45) is 0 Å². The number of ether oxygens (including phenoxy) is 8. The largest absolute Gasteiger partial charge is 0.489 e. The van der Waals surface area contributed by atoms with Gasteiger partial charge in [-0.3, -0.25) is 0 Å². The summed E-state index contributed by atoms with van der Waals surface area (Å²) in [7, 11) is 0. The van der Waals surface area contributed by atoms with Crippen molar-refractivity contribution in [2.75, 3.05) is 52.9 Å². The van der Waals surface area contributed by atoms with Gasteiger partial charge in [-0.25, -0.2) is 0 Å². The molecule has 24 bridgehead atoms. The van der Waals surface area contributed by atoms with Crippen LogP contribution in [0.1, 0.15) is 247 Å². The first kappa shape index (κ1) is 70.1. The normalized spacial score (nSPS) is 16.0. The van der Waals surface area contributed by atoms with E-state index in [9.17, 15) is 0 Å². The van der Waals surface area contributed by atoms with Gasteiger partial charge in [0.05, 0.1) is 0 Å². The van der Waals surface area contributed by atoms with Crippen LogP contribution in [-0.4, -0.2) is 52.9 Å². The summed E-state index contributed by atoms with van der Waals surface area (Å²) in [6, 6.07) is 38.2. The number of halogens is 2. The summed E-state index contributed by atoms with van der Waals surface area (Å²) in [5.74, 6) is 6.90. The zero-order chi connectivity index (χ0) is 69.8. The van der Waals surface area contributed by atoms with Crippen molar-refractivity contribution in [2.45, 2.75) is 208 Å². The number of rotatable bonds is 0. The minimum Gasteiger partial charge on any atom is -0.489 e. The van der Waals surface area contributed by atoms with Gasteiger partial charge in [-0.1, -0.05) is 197 Å². The third-order valence-corrected chi connectivity index (χ3v) is 21.7. The molecule has 4 heterocycles. The monoisotopic (exact) mass is 1540 g/mol. The van der Waals surface area contributed by atoms with Crippen molar-refractivity contribution in [3.05, 3.63) is 227 Å². The Morgan fingerprint density at radius 1 is 0.184 bits per heavy atom. The van der Waals surface area contributed by atoms with Crippen molar-refractivity contribution < 1.29 is 37.9 Å². The van der Waals surface area contributed by atoms with Gasteiger partial charge in [0, 0.05) is 58.5 Å². The second-order valence-electron chi connectivity index (χ2n) is 34.5. The van der Waals surface area contributed by atoms with Crippen molar-refractivity contribution >= 4 is 45.2 Å².